The Hall–Kier alpha value is -2.10. The number of aromatic amines is 1. The van der Waals surface area contributed by atoms with Crippen LogP contribution in [-0.2, 0) is 6.42 Å². The van der Waals surface area contributed by atoms with E-state index in [4.69, 9.17) is 4.74 Å². The summed E-state index contributed by atoms with van der Waals surface area (Å²) in [4.78, 5) is 19.4. The molecule has 1 aromatic heterocycles. The highest BCUT2D eigenvalue weighted by Gasteiger charge is 2.19. The normalized spacial score (nSPS) is 15.3. The van der Waals surface area contributed by atoms with Crippen LogP contribution in [0.5, 0.6) is 5.75 Å². The van der Waals surface area contributed by atoms with Gasteiger partial charge in [-0.15, -0.1) is 0 Å². The Morgan fingerprint density at radius 1 is 1.29 bits per heavy atom. The lowest BCUT2D eigenvalue weighted by atomic mass is 10.0. The van der Waals surface area contributed by atoms with Crippen LogP contribution in [0.25, 0.3) is 0 Å². The van der Waals surface area contributed by atoms with E-state index in [0.717, 1.165) is 35.7 Å². The van der Waals surface area contributed by atoms with E-state index in [1.165, 1.54) is 12.8 Å². The maximum absolute atomic E-state index is 11.9. The second-order valence-electron chi connectivity index (χ2n) is 5.63. The molecule has 1 saturated carbocycles. The molecule has 0 saturated heterocycles. The van der Waals surface area contributed by atoms with Crippen LogP contribution in [0.15, 0.2) is 35.1 Å². The number of aromatic nitrogens is 2. The second kappa shape index (κ2) is 6.12. The van der Waals surface area contributed by atoms with Gasteiger partial charge >= 0.3 is 0 Å². The molecular weight excluding hydrogens is 264 g/mol. The first-order chi connectivity index (χ1) is 10.2. The molecule has 1 N–H and O–H groups in total. The van der Waals surface area contributed by atoms with Crippen LogP contribution in [0.2, 0.25) is 0 Å². The van der Waals surface area contributed by atoms with E-state index in [-0.39, 0.29) is 5.56 Å². The van der Waals surface area contributed by atoms with Crippen LogP contribution in [0.3, 0.4) is 0 Å². The van der Waals surface area contributed by atoms with E-state index >= 15 is 0 Å². The third kappa shape index (κ3) is 3.32. The number of H-pyrrole nitrogens is 1. The topological polar surface area (TPSA) is 55.0 Å². The Labute approximate surface area is 124 Å². The molecule has 0 atom stereocenters. The third-order valence-corrected chi connectivity index (χ3v) is 4.09. The fourth-order valence-corrected chi connectivity index (χ4v) is 3.02. The molecule has 0 amide bonds. The van der Waals surface area contributed by atoms with E-state index in [1.807, 2.05) is 24.3 Å². The maximum Gasteiger partial charge on any atom is 0.251 e. The highest BCUT2D eigenvalue weighted by Crippen LogP contribution is 2.32. The summed E-state index contributed by atoms with van der Waals surface area (Å²) in [5.41, 5.74) is 1.99. The Balaban J connectivity index is 1.85. The molecule has 3 rings (SSSR count). The summed E-state index contributed by atoms with van der Waals surface area (Å²) in [6.07, 6.45) is 5.39. The molecule has 0 unspecified atom stereocenters. The van der Waals surface area contributed by atoms with Crippen molar-refractivity contribution in [3.05, 3.63) is 57.8 Å². The number of hydrogen-bond donors (Lipinski definition) is 1. The largest absolute Gasteiger partial charge is 0.497 e. The lowest BCUT2D eigenvalue weighted by Crippen LogP contribution is -2.14. The van der Waals surface area contributed by atoms with Crippen molar-refractivity contribution in [1.82, 2.24) is 9.97 Å². The summed E-state index contributed by atoms with van der Waals surface area (Å²) in [5.74, 6) is 2.01. The molecule has 2 aromatic rings. The van der Waals surface area contributed by atoms with Crippen molar-refractivity contribution in [1.29, 1.82) is 0 Å². The second-order valence-corrected chi connectivity index (χ2v) is 5.63. The quantitative estimate of drug-likeness (QED) is 0.939. The van der Waals surface area contributed by atoms with Gasteiger partial charge in [-0.05, 0) is 30.5 Å². The standard InChI is InChI=1S/C17H20N2O2/c1-21-14-8-4-5-12(9-14)10-16-18-15(11-17(20)19-16)13-6-2-3-7-13/h4-5,8-9,11,13H,2-3,6-7,10H2,1H3,(H,18,19,20). The monoisotopic (exact) mass is 284 g/mol. The van der Waals surface area contributed by atoms with Gasteiger partial charge < -0.3 is 9.72 Å². The summed E-state index contributed by atoms with van der Waals surface area (Å²) in [6.45, 7) is 0. The SMILES string of the molecule is COc1cccc(Cc2nc(C3CCCC3)cc(=O)[nH]2)c1. The van der Waals surface area contributed by atoms with Gasteiger partial charge in [-0.1, -0.05) is 25.0 Å². The Morgan fingerprint density at radius 2 is 2.10 bits per heavy atom. The molecule has 1 aromatic carbocycles. The van der Waals surface area contributed by atoms with Crippen LogP contribution in [-0.4, -0.2) is 17.1 Å². The number of rotatable bonds is 4. The van der Waals surface area contributed by atoms with E-state index < -0.39 is 0 Å². The molecule has 4 heteroatoms. The summed E-state index contributed by atoms with van der Waals surface area (Å²) in [5, 5.41) is 0. The molecule has 1 aliphatic rings. The van der Waals surface area contributed by atoms with Gasteiger partial charge in [-0.3, -0.25) is 4.79 Å². The zero-order chi connectivity index (χ0) is 14.7. The van der Waals surface area contributed by atoms with Crippen molar-refractivity contribution >= 4 is 0 Å². The predicted molar refractivity (Wildman–Crippen MR) is 81.9 cm³/mol. The zero-order valence-corrected chi connectivity index (χ0v) is 12.3. The minimum absolute atomic E-state index is 0.0511. The average molecular weight is 284 g/mol. The molecule has 0 aliphatic heterocycles. The lowest BCUT2D eigenvalue weighted by molar-refractivity contribution is 0.414. The fourth-order valence-electron chi connectivity index (χ4n) is 3.02. The molecule has 1 fully saturated rings. The van der Waals surface area contributed by atoms with Crippen molar-refractivity contribution < 1.29 is 4.74 Å². The van der Waals surface area contributed by atoms with Crippen LogP contribution >= 0.6 is 0 Å². The van der Waals surface area contributed by atoms with Gasteiger partial charge in [-0.25, -0.2) is 4.98 Å². The molecular formula is C17H20N2O2. The van der Waals surface area contributed by atoms with Crippen molar-refractivity contribution in [2.45, 2.75) is 38.0 Å². The Bertz CT molecular complexity index is 672. The zero-order valence-electron chi connectivity index (χ0n) is 12.3. The van der Waals surface area contributed by atoms with E-state index in [0.29, 0.717) is 12.3 Å². The Morgan fingerprint density at radius 3 is 2.86 bits per heavy atom. The van der Waals surface area contributed by atoms with Crippen molar-refractivity contribution in [3.8, 4) is 5.75 Å². The maximum atomic E-state index is 11.9. The smallest absolute Gasteiger partial charge is 0.251 e. The highest BCUT2D eigenvalue weighted by atomic mass is 16.5. The van der Waals surface area contributed by atoms with E-state index in [2.05, 4.69) is 9.97 Å². The van der Waals surface area contributed by atoms with Gasteiger partial charge in [0, 0.05) is 18.4 Å². The molecule has 0 bridgehead atoms. The molecule has 1 heterocycles. The third-order valence-electron chi connectivity index (χ3n) is 4.09. The first-order valence-electron chi connectivity index (χ1n) is 7.47. The summed E-state index contributed by atoms with van der Waals surface area (Å²) >= 11 is 0. The number of benzene rings is 1. The molecule has 110 valence electrons. The molecule has 0 spiro atoms. The number of hydrogen-bond acceptors (Lipinski definition) is 3. The first-order valence-corrected chi connectivity index (χ1v) is 7.47. The lowest BCUT2D eigenvalue weighted by Gasteiger charge is -2.10. The van der Waals surface area contributed by atoms with Crippen molar-refractivity contribution in [3.63, 3.8) is 0 Å². The van der Waals surface area contributed by atoms with Crippen LogP contribution in [0, 0.1) is 0 Å². The number of ether oxygens (including phenoxy) is 1. The Kier molecular flexibility index (Phi) is 4.04. The van der Waals surface area contributed by atoms with Gasteiger partial charge in [0.25, 0.3) is 5.56 Å². The number of nitrogens with one attached hydrogen (secondary N) is 1. The van der Waals surface area contributed by atoms with Gasteiger partial charge in [0.1, 0.15) is 11.6 Å². The van der Waals surface area contributed by atoms with Crippen LogP contribution < -0.4 is 10.3 Å². The first kappa shape index (κ1) is 13.9. The number of methoxy groups -OCH3 is 1. The molecule has 1 aliphatic carbocycles. The number of nitrogens with zero attached hydrogens (tertiary/aromatic N) is 1. The molecule has 0 radical (unpaired) electrons. The van der Waals surface area contributed by atoms with Gasteiger partial charge in [0.2, 0.25) is 0 Å². The van der Waals surface area contributed by atoms with Gasteiger partial charge in [-0.2, -0.15) is 0 Å². The van der Waals surface area contributed by atoms with E-state index in [9.17, 15) is 4.79 Å². The van der Waals surface area contributed by atoms with Gasteiger partial charge in [0.05, 0.1) is 12.8 Å². The molecule has 4 nitrogen and oxygen atoms in total. The fraction of sp³-hybridized carbons (Fsp3) is 0.412. The summed E-state index contributed by atoms with van der Waals surface area (Å²) < 4.78 is 5.23. The van der Waals surface area contributed by atoms with Crippen molar-refractivity contribution in [2.75, 3.05) is 7.11 Å². The van der Waals surface area contributed by atoms with Crippen molar-refractivity contribution in [2.24, 2.45) is 0 Å². The predicted octanol–water partition coefficient (Wildman–Crippen LogP) is 3.03. The average Bonchev–Trinajstić information content (AvgIpc) is 3.01. The van der Waals surface area contributed by atoms with Gasteiger partial charge in [0.15, 0.2) is 0 Å². The highest BCUT2D eigenvalue weighted by molar-refractivity contribution is 5.30. The summed E-state index contributed by atoms with van der Waals surface area (Å²) in [7, 11) is 1.65. The van der Waals surface area contributed by atoms with Crippen LogP contribution in [0.1, 0.15) is 48.7 Å². The van der Waals surface area contributed by atoms with Crippen LogP contribution in [0.4, 0.5) is 0 Å². The van der Waals surface area contributed by atoms with E-state index in [1.54, 1.807) is 13.2 Å². The minimum Gasteiger partial charge on any atom is -0.497 e. The molecule has 21 heavy (non-hydrogen) atoms. The summed E-state index contributed by atoms with van der Waals surface area (Å²) in [6, 6.07) is 9.51. The minimum atomic E-state index is -0.0511.